The average molecular weight is 764 g/mol. The molecule has 0 unspecified atom stereocenters. The summed E-state index contributed by atoms with van der Waals surface area (Å²) in [6.45, 7) is 0. The second kappa shape index (κ2) is 17.2. The third-order valence-electron chi connectivity index (χ3n) is 6.50. The number of halogens is 2. The zero-order valence-electron chi connectivity index (χ0n) is 22.3. The fourth-order valence-corrected chi connectivity index (χ4v) is 9.93. The van der Waals surface area contributed by atoms with E-state index in [-0.39, 0.29) is 33.0 Å². The first-order chi connectivity index (χ1) is 20.0. The second-order valence-corrected chi connectivity index (χ2v) is 16.8. The van der Waals surface area contributed by atoms with Crippen LogP contribution in [0.25, 0.3) is 0 Å². The Morgan fingerprint density at radius 3 is 0.857 bits per heavy atom. The van der Waals surface area contributed by atoms with Crippen LogP contribution in [0, 0.1) is 0 Å². The SMILES string of the molecule is O=P(c1ccccc1)(c1ccccc1)c1ccc[cH-]1.O=P(c1ccccc1)(c1ccccc1)c1ccc[cH-]1.[Cl][Pd][Cl].[Fe+2]. The number of rotatable bonds is 6. The van der Waals surface area contributed by atoms with Gasteiger partial charge in [-0.05, 0) is 0 Å². The van der Waals surface area contributed by atoms with E-state index in [1.165, 1.54) is 0 Å². The fraction of sp³-hybridized carbons (Fsp3) is 0. The summed E-state index contributed by atoms with van der Waals surface area (Å²) in [5, 5.41) is 5.31. The van der Waals surface area contributed by atoms with E-state index in [1.807, 2.05) is 170 Å². The number of hydrogen-bond acceptors (Lipinski definition) is 2. The van der Waals surface area contributed by atoms with Crippen molar-refractivity contribution >= 4 is 65.2 Å². The maximum atomic E-state index is 13.7. The van der Waals surface area contributed by atoms with Gasteiger partial charge in [-0.15, -0.1) is 0 Å². The molecule has 0 aliphatic heterocycles. The quantitative estimate of drug-likeness (QED) is 0.100. The van der Waals surface area contributed by atoms with Crippen molar-refractivity contribution in [2.24, 2.45) is 0 Å². The molecule has 42 heavy (non-hydrogen) atoms. The molecule has 218 valence electrons. The van der Waals surface area contributed by atoms with E-state index in [2.05, 4.69) is 0 Å². The largest absolute Gasteiger partial charge is 2.00 e. The van der Waals surface area contributed by atoms with Crippen LogP contribution in [0.5, 0.6) is 0 Å². The Bertz CT molecular complexity index is 1450. The third kappa shape index (κ3) is 8.04. The molecule has 6 aromatic rings. The Morgan fingerprint density at radius 2 is 0.667 bits per heavy atom. The van der Waals surface area contributed by atoms with Gasteiger partial charge in [0.1, 0.15) is 14.3 Å². The zero-order chi connectivity index (χ0) is 29.0. The van der Waals surface area contributed by atoms with Crippen molar-refractivity contribution < 1.29 is 42.1 Å². The van der Waals surface area contributed by atoms with Gasteiger partial charge in [0.15, 0.2) is 0 Å². The Labute approximate surface area is 275 Å². The van der Waals surface area contributed by atoms with Crippen LogP contribution in [0.1, 0.15) is 0 Å². The maximum Gasteiger partial charge on any atom is 2.00 e. The first kappa shape index (κ1) is 34.3. The Morgan fingerprint density at radius 1 is 0.429 bits per heavy atom. The van der Waals surface area contributed by atoms with Crippen molar-refractivity contribution in [3.8, 4) is 0 Å². The van der Waals surface area contributed by atoms with E-state index < -0.39 is 14.3 Å². The van der Waals surface area contributed by atoms with Gasteiger partial charge in [-0.25, -0.2) is 24.3 Å². The van der Waals surface area contributed by atoms with E-state index in [4.69, 9.17) is 19.1 Å². The standard InChI is InChI=1S/2C17H14OP.2ClH.Fe.Pd/c2*18-19(17-13-7-8-14-17,15-9-3-1-4-10-15)16-11-5-2-6-12-16;;;;/h2*1-14H;2*1H;;/q2*-1;;;2*+2/p-2. The third-order valence-corrected chi connectivity index (χ3v) is 12.6. The van der Waals surface area contributed by atoms with Crippen LogP contribution in [0.4, 0.5) is 0 Å². The van der Waals surface area contributed by atoms with Crippen LogP contribution in [0.3, 0.4) is 0 Å². The molecule has 0 aliphatic rings. The molecule has 0 fully saturated rings. The van der Waals surface area contributed by atoms with Crippen molar-refractivity contribution in [2.75, 3.05) is 0 Å². The minimum atomic E-state index is -2.73. The summed E-state index contributed by atoms with van der Waals surface area (Å²) < 4.78 is 27.4. The van der Waals surface area contributed by atoms with Crippen LogP contribution in [0.15, 0.2) is 170 Å². The molecule has 0 saturated carbocycles. The number of benzene rings is 4. The van der Waals surface area contributed by atoms with Crippen molar-refractivity contribution in [2.45, 2.75) is 0 Å². The molecule has 0 aliphatic carbocycles. The molecule has 0 atom stereocenters. The van der Waals surface area contributed by atoms with Crippen LogP contribution >= 0.6 is 33.3 Å². The van der Waals surface area contributed by atoms with Crippen LogP contribution in [-0.4, -0.2) is 0 Å². The van der Waals surface area contributed by atoms with Crippen molar-refractivity contribution in [3.63, 3.8) is 0 Å². The monoisotopic (exact) mass is 762 g/mol. The molecule has 0 aromatic heterocycles. The van der Waals surface area contributed by atoms with Gasteiger partial charge in [-0.3, -0.25) is 0 Å². The predicted octanol–water partition coefficient (Wildman–Crippen LogP) is 7.46. The van der Waals surface area contributed by atoms with Crippen molar-refractivity contribution in [1.82, 2.24) is 0 Å². The first-order valence-corrected chi connectivity index (χ1v) is 20.2. The summed E-state index contributed by atoms with van der Waals surface area (Å²) in [4.78, 5) is 0. The van der Waals surface area contributed by atoms with E-state index >= 15 is 0 Å². The molecule has 0 amide bonds. The minimum absolute atomic E-state index is 0. The molecule has 6 aromatic carbocycles. The van der Waals surface area contributed by atoms with Gasteiger partial charge in [0, 0.05) is 21.2 Å². The van der Waals surface area contributed by atoms with Crippen LogP contribution in [-0.2, 0) is 42.1 Å². The Hall–Kier alpha value is -2.20. The predicted molar refractivity (Wildman–Crippen MR) is 175 cm³/mol. The molecular formula is C34H28Cl2FeO2P2Pd. The molecule has 0 N–H and O–H groups in total. The van der Waals surface area contributed by atoms with Gasteiger partial charge in [0.05, 0.1) is 0 Å². The molecular weight excluding hydrogens is 735 g/mol. The molecule has 0 heterocycles. The molecule has 6 rings (SSSR count). The van der Waals surface area contributed by atoms with Gasteiger partial charge >= 0.3 is 52.1 Å². The van der Waals surface area contributed by atoms with Crippen LogP contribution < -0.4 is 31.8 Å². The summed E-state index contributed by atoms with van der Waals surface area (Å²) in [6.07, 6.45) is 0. The molecule has 2 nitrogen and oxygen atoms in total. The van der Waals surface area contributed by atoms with Crippen molar-refractivity contribution in [1.29, 1.82) is 0 Å². The number of hydrogen-bond donors (Lipinski definition) is 0. The van der Waals surface area contributed by atoms with E-state index in [0.717, 1.165) is 31.8 Å². The van der Waals surface area contributed by atoms with Gasteiger partial charge in [0.25, 0.3) is 0 Å². The Balaban J connectivity index is 0.000000207. The van der Waals surface area contributed by atoms with Gasteiger partial charge in [0.2, 0.25) is 0 Å². The Kier molecular flexibility index (Phi) is 14.0. The zero-order valence-corrected chi connectivity index (χ0v) is 28.3. The minimum Gasteiger partial charge on any atom is 2.00 e. The van der Waals surface area contributed by atoms with E-state index in [1.54, 1.807) is 0 Å². The maximum absolute atomic E-state index is 13.7. The topological polar surface area (TPSA) is 34.1 Å². The summed E-state index contributed by atoms with van der Waals surface area (Å²) in [5.41, 5.74) is 0. The first-order valence-electron chi connectivity index (χ1n) is 12.7. The normalized spacial score (nSPS) is 10.8. The molecule has 0 saturated heterocycles. The summed E-state index contributed by atoms with van der Waals surface area (Å²) in [6, 6.07) is 54.4. The summed E-state index contributed by atoms with van der Waals surface area (Å²) in [7, 11) is 4.17. The molecule has 0 spiro atoms. The van der Waals surface area contributed by atoms with Gasteiger partial charge < -0.3 is 9.13 Å². The molecule has 0 radical (unpaired) electrons. The molecule has 8 heteroatoms. The van der Waals surface area contributed by atoms with Gasteiger partial charge in [-0.2, -0.15) is 24.3 Å². The average Bonchev–Trinajstić information content (AvgIpc) is 3.79. The fourth-order valence-electron chi connectivity index (χ4n) is 4.59. The van der Waals surface area contributed by atoms with Gasteiger partial charge in [-0.1, -0.05) is 132 Å². The summed E-state index contributed by atoms with van der Waals surface area (Å²) >= 11 is -0.106. The van der Waals surface area contributed by atoms with E-state index in [9.17, 15) is 9.13 Å². The smallest absolute Gasteiger partial charge is 2.00 e. The summed E-state index contributed by atoms with van der Waals surface area (Å²) in [5.74, 6) is 0. The molecule has 0 bridgehead atoms. The second-order valence-electron chi connectivity index (χ2n) is 8.89. The van der Waals surface area contributed by atoms with E-state index in [0.29, 0.717) is 0 Å². The van der Waals surface area contributed by atoms with Crippen LogP contribution in [0.2, 0.25) is 0 Å². The van der Waals surface area contributed by atoms with Crippen molar-refractivity contribution in [3.05, 3.63) is 170 Å².